The van der Waals surface area contributed by atoms with Crippen LogP contribution >= 0.6 is 12.2 Å². The van der Waals surface area contributed by atoms with Gasteiger partial charge in [0.1, 0.15) is 5.69 Å². The number of rotatable bonds is 6. The van der Waals surface area contributed by atoms with Crippen molar-refractivity contribution in [3.8, 4) is 5.69 Å². The van der Waals surface area contributed by atoms with Crippen LogP contribution in [0.1, 0.15) is 30.3 Å². The Morgan fingerprint density at radius 1 is 1.43 bits per heavy atom. The van der Waals surface area contributed by atoms with E-state index < -0.39 is 0 Å². The summed E-state index contributed by atoms with van der Waals surface area (Å²) < 4.78 is 2.18. The predicted molar refractivity (Wildman–Crippen MR) is 84.2 cm³/mol. The van der Waals surface area contributed by atoms with Gasteiger partial charge in [0.25, 0.3) is 5.91 Å². The summed E-state index contributed by atoms with van der Waals surface area (Å²) in [5, 5.41) is 11.9. The third-order valence-electron chi connectivity index (χ3n) is 3.33. The van der Waals surface area contributed by atoms with Gasteiger partial charge >= 0.3 is 0 Å². The van der Waals surface area contributed by atoms with Crippen LogP contribution in [-0.4, -0.2) is 33.2 Å². The summed E-state index contributed by atoms with van der Waals surface area (Å²) in [5.74, 6) is -0.202. The summed E-state index contributed by atoms with van der Waals surface area (Å²) in [4.78, 5) is 15.3. The molecule has 2 aromatic rings. The maximum absolute atomic E-state index is 12.4. The van der Waals surface area contributed by atoms with E-state index in [-0.39, 0.29) is 18.6 Å². The minimum absolute atomic E-state index is 0.0461. The van der Waals surface area contributed by atoms with E-state index in [1.807, 2.05) is 37.3 Å². The van der Waals surface area contributed by atoms with Gasteiger partial charge in [-0.25, -0.2) is 0 Å². The van der Waals surface area contributed by atoms with Crippen LogP contribution in [0.3, 0.4) is 0 Å². The van der Waals surface area contributed by atoms with E-state index in [0.717, 1.165) is 12.1 Å². The fraction of sp³-hybridized carbons (Fsp3) is 0.333. The average molecular weight is 305 g/mol. The SMILES string of the molecule is CCC(CCO)NC(=O)c1c[nH]c(=S)n1-c1ccccc1. The molecule has 0 bridgehead atoms. The number of amides is 1. The van der Waals surface area contributed by atoms with Gasteiger partial charge in [-0.05, 0) is 37.2 Å². The van der Waals surface area contributed by atoms with Crippen molar-refractivity contribution >= 4 is 18.1 Å². The summed E-state index contributed by atoms with van der Waals surface area (Å²) in [6, 6.07) is 9.44. The number of aliphatic hydroxyl groups is 1. The number of hydrogen-bond acceptors (Lipinski definition) is 3. The molecule has 0 saturated carbocycles. The molecule has 1 aromatic heterocycles. The van der Waals surface area contributed by atoms with Gasteiger partial charge < -0.3 is 15.4 Å². The Morgan fingerprint density at radius 3 is 2.76 bits per heavy atom. The average Bonchev–Trinajstić information content (AvgIpc) is 2.89. The summed E-state index contributed by atoms with van der Waals surface area (Å²) >= 11 is 5.25. The van der Waals surface area contributed by atoms with Crippen LogP contribution in [0.4, 0.5) is 0 Å². The highest BCUT2D eigenvalue weighted by atomic mass is 32.1. The number of carbonyl (C=O) groups is 1. The van der Waals surface area contributed by atoms with Crippen molar-refractivity contribution in [1.82, 2.24) is 14.9 Å². The lowest BCUT2D eigenvalue weighted by Crippen LogP contribution is -2.36. The maximum atomic E-state index is 12.4. The molecule has 1 atom stereocenters. The lowest BCUT2D eigenvalue weighted by Gasteiger charge is -2.16. The van der Waals surface area contributed by atoms with E-state index in [1.165, 1.54) is 0 Å². The Bertz CT molecular complexity index is 648. The van der Waals surface area contributed by atoms with E-state index in [9.17, 15) is 4.79 Å². The Balaban J connectivity index is 2.29. The van der Waals surface area contributed by atoms with E-state index in [4.69, 9.17) is 17.3 Å². The first-order valence-electron chi connectivity index (χ1n) is 6.95. The topological polar surface area (TPSA) is 70.1 Å². The monoisotopic (exact) mass is 305 g/mol. The number of para-hydroxylation sites is 1. The zero-order valence-electron chi connectivity index (χ0n) is 11.9. The van der Waals surface area contributed by atoms with Crippen molar-refractivity contribution in [2.24, 2.45) is 0 Å². The van der Waals surface area contributed by atoms with Gasteiger partial charge in [0.2, 0.25) is 0 Å². The summed E-state index contributed by atoms with van der Waals surface area (Å²) in [7, 11) is 0. The quantitative estimate of drug-likeness (QED) is 0.718. The third kappa shape index (κ3) is 3.59. The zero-order chi connectivity index (χ0) is 15.2. The van der Waals surface area contributed by atoms with Crippen LogP contribution in [0.25, 0.3) is 5.69 Å². The lowest BCUT2D eigenvalue weighted by molar-refractivity contribution is 0.0922. The summed E-state index contributed by atoms with van der Waals surface area (Å²) in [5.41, 5.74) is 1.30. The van der Waals surface area contributed by atoms with Crippen molar-refractivity contribution in [2.45, 2.75) is 25.8 Å². The highest BCUT2D eigenvalue weighted by molar-refractivity contribution is 7.71. The molecule has 1 aromatic carbocycles. The predicted octanol–water partition coefficient (Wildman–Crippen LogP) is 2.43. The number of aromatic nitrogens is 2. The smallest absolute Gasteiger partial charge is 0.270 e. The van der Waals surface area contributed by atoms with Crippen molar-refractivity contribution in [3.05, 3.63) is 47.0 Å². The molecule has 2 rings (SSSR count). The van der Waals surface area contributed by atoms with E-state index in [2.05, 4.69) is 10.3 Å². The number of imidazole rings is 1. The number of aromatic amines is 1. The molecule has 112 valence electrons. The number of nitrogens with one attached hydrogen (secondary N) is 2. The van der Waals surface area contributed by atoms with Gasteiger partial charge in [-0.1, -0.05) is 25.1 Å². The first-order chi connectivity index (χ1) is 10.2. The van der Waals surface area contributed by atoms with Gasteiger partial charge in [-0.3, -0.25) is 9.36 Å². The third-order valence-corrected chi connectivity index (χ3v) is 3.63. The second kappa shape index (κ2) is 7.19. The number of aliphatic hydroxyl groups excluding tert-OH is 1. The fourth-order valence-corrected chi connectivity index (χ4v) is 2.43. The van der Waals surface area contributed by atoms with Crippen molar-refractivity contribution in [3.63, 3.8) is 0 Å². The number of H-pyrrole nitrogens is 1. The van der Waals surface area contributed by atoms with Gasteiger partial charge in [0.05, 0.1) is 0 Å². The molecule has 0 spiro atoms. The summed E-state index contributed by atoms with van der Waals surface area (Å²) in [6.07, 6.45) is 2.91. The lowest BCUT2D eigenvalue weighted by atomic mass is 10.1. The van der Waals surface area contributed by atoms with Crippen LogP contribution in [0.5, 0.6) is 0 Å². The molecule has 1 heterocycles. The van der Waals surface area contributed by atoms with E-state index >= 15 is 0 Å². The van der Waals surface area contributed by atoms with E-state index in [1.54, 1.807) is 10.8 Å². The fourth-order valence-electron chi connectivity index (χ4n) is 2.16. The van der Waals surface area contributed by atoms with Crippen LogP contribution in [0, 0.1) is 4.77 Å². The van der Waals surface area contributed by atoms with Gasteiger partial charge in [-0.2, -0.15) is 0 Å². The zero-order valence-corrected chi connectivity index (χ0v) is 12.7. The molecule has 6 heteroatoms. The van der Waals surface area contributed by atoms with Crippen molar-refractivity contribution < 1.29 is 9.90 Å². The Labute approximate surface area is 128 Å². The second-order valence-corrected chi connectivity index (χ2v) is 5.13. The van der Waals surface area contributed by atoms with Crippen molar-refractivity contribution in [1.29, 1.82) is 0 Å². The summed E-state index contributed by atoms with van der Waals surface area (Å²) in [6.45, 7) is 2.03. The normalized spacial score (nSPS) is 12.1. The van der Waals surface area contributed by atoms with Crippen LogP contribution in [-0.2, 0) is 0 Å². The molecular weight excluding hydrogens is 286 g/mol. The van der Waals surface area contributed by atoms with Gasteiger partial charge in [0, 0.05) is 24.5 Å². The second-order valence-electron chi connectivity index (χ2n) is 4.74. The molecule has 0 aliphatic heterocycles. The molecule has 5 nitrogen and oxygen atoms in total. The van der Waals surface area contributed by atoms with Crippen LogP contribution in [0.2, 0.25) is 0 Å². The Kier molecular flexibility index (Phi) is 5.30. The molecule has 1 unspecified atom stereocenters. The molecular formula is C15H19N3O2S. The van der Waals surface area contributed by atoms with Crippen molar-refractivity contribution in [2.75, 3.05) is 6.61 Å². The molecule has 21 heavy (non-hydrogen) atoms. The molecule has 0 aliphatic rings. The maximum Gasteiger partial charge on any atom is 0.270 e. The standard InChI is InChI=1S/C15H19N3O2S/c1-2-11(8-9-19)17-14(20)13-10-16-15(21)18(13)12-6-4-3-5-7-12/h3-7,10-11,19H,2,8-9H2,1H3,(H,16,21)(H,17,20). The van der Waals surface area contributed by atoms with Crippen LogP contribution < -0.4 is 5.32 Å². The highest BCUT2D eigenvalue weighted by Gasteiger charge is 2.17. The first kappa shape index (κ1) is 15.5. The minimum atomic E-state index is -0.202. The molecule has 3 N–H and O–H groups in total. The molecule has 1 amide bonds. The number of hydrogen-bond donors (Lipinski definition) is 3. The Hall–Kier alpha value is -1.92. The first-order valence-corrected chi connectivity index (χ1v) is 7.35. The largest absolute Gasteiger partial charge is 0.396 e. The number of nitrogens with zero attached hydrogens (tertiary/aromatic N) is 1. The Morgan fingerprint density at radius 2 is 2.14 bits per heavy atom. The molecule has 0 aliphatic carbocycles. The number of carbonyl (C=O) groups excluding carboxylic acids is 1. The molecule has 0 fully saturated rings. The number of benzene rings is 1. The molecule has 0 radical (unpaired) electrons. The van der Waals surface area contributed by atoms with Gasteiger partial charge in [0.15, 0.2) is 4.77 Å². The highest BCUT2D eigenvalue weighted by Crippen LogP contribution is 2.13. The minimum Gasteiger partial charge on any atom is -0.396 e. The van der Waals surface area contributed by atoms with Crippen LogP contribution in [0.15, 0.2) is 36.5 Å². The van der Waals surface area contributed by atoms with E-state index in [0.29, 0.717) is 16.9 Å². The van der Waals surface area contributed by atoms with Gasteiger partial charge in [-0.15, -0.1) is 0 Å². The molecule has 0 saturated heterocycles.